The lowest BCUT2D eigenvalue weighted by atomic mass is 9.85. The predicted molar refractivity (Wildman–Crippen MR) is 80.5 cm³/mol. The van der Waals surface area contributed by atoms with Gasteiger partial charge in [0.05, 0.1) is 11.7 Å². The molecule has 2 aliphatic rings. The van der Waals surface area contributed by atoms with Crippen molar-refractivity contribution in [1.82, 2.24) is 5.32 Å². The average molecular weight is 280 g/mol. The first-order valence-electron chi connectivity index (χ1n) is 7.11. The standard InChI is InChI=1S/C17H16N2O2/c1-17(12-7-3-2-4-8-12)15-11-18-16(20)19(15)13-9-5-6-10-14(13)21-17/h2-10,15H,11H2,1H3,(H,18,20). The van der Waals surface area contributed by atoms with Crippen molar-refractivity contribution in [3.05, 3.63) is 60.2 Å². The molecule has 1 saturated heterocycles. The summed E-state index contributed by atoms with van der Waals surface area (Å²) >= 11 is 0. The number of nitrogens with one attached hydrogen (secondary N) is 1. The van der Waals surface area contributed by atoms with E-state index in [4.69, 9.17) is 4.74 Å². The Morgan fingerprint density at radius 3 is 2.67 bits per heavy atom. The van der Waals surface area contributed by atoms with Crippen molar-refractivity contribution in [1.29, 1.82) is 0 Å². The van der Waals surface area contributed by atoms with E-state index in [0.29, 0.717) is 6.54 Å². The predicted octanol–water partition coefficient (Wildman–Crippen LogP) is 2.89. The minimum Gasteiger partial charge on any atom is -0.478 e. The monoisotopic (exact) mass is 280 g/mol. The van der Waals surface area contributed by atoms with E-state index >= 15 is 0 Å². The van der Waals surface area contributed by atoms with Gasteiger partial charge in [-0.05, 0) is 24.6 Å². The molecule has 2 amide bonds. The fraction of sp³-hybridized carbons (Fsp3) is 0.235. The van der Waals surface area contributed by atoms with Crippen molar-refractivity contribution >= 4 is 11.7 Å². The highest BCUT2D eigenvalue weighted by Crippen LogP contribution is 2.46. The Kier molecular flexibility index (Phi) is 2.48. The van der Waals surface area contributed by atoms with E-state index in [9.17, 15) is 4.79 Å². The molecular weight excluding hydrogens is 264 g/mol. The molecule has 0 bridgehead atoms. The van der Waals surface area contributed by atoms with Gasteiger partial charge in [0.25, 0.3) is 0 Å². The van der Waals surface area contributed by atoms with Crippen LogP contribution in [-0.2, 0) is 5.60 Å². The van der Waals surface area contributed by atoms with Gasteiger partial charge in [0.1, 0.15) is 5.75 Å². The Hall–Kier alpha value is -2.49. The molecule has 2 unspecified atom stereocenters. The van der Waals surface area contributed by atoms with E-state index in [-0.39, 0.29) is 12.1 Å². The number of rotatable bonds is 1. The Bertz CT molecular complexity index is 701. The van der Waals surface area contributed by atoms with E-state index in [0.717, 1.165) is 17.0 Å². The average Bonchev–Trinajstić information content (AvgIpc) is 2.92. The Labute approximate surface area is 123 Å². The molecule has 106 valence electrons. The number of benzene rings is 2. The molecule has 1 N–H and O–H groups in total. The zero-order valence-electron chi connectivity index (χ0n) is 11.7. The topological polar surface area (TPSA) is 41.6 Å². The highest BCUT2D eigenvalue weighted by Gasteiger charge is 2.51. The summed E-state index contributed by atoms with van der Waals surface area (Å²) in [5.74, 6) is 0.747. The Balaban J connectivity index is 1.90. The molecule has 0 radical (unpaired) electrons. The fourth-order valence-corrected chi connectivity index (χ4v) is 3.28. The highest BCUT2D eigenvalue weighted by molar-refractivity contribution is 5.97. The zero-order chi connectivity index (χ0) is 14.4. The maximum absolute atomic E-state index is 12.2. The fourth-order valence-electron chi connectivity index (χ4n) is 3.28. The van der Waals surface area contributed by atoms with Crippen LogP contribution in [0.1, 0.15) is 12.5 Å². The van der Waals surface area contributed by atoms with E-state index < -0.39 is 5.60 Å². The van der Waals surface area contributed by atoms with Gasteiger partial charge in [-0.15, -0.1) is 0 Å². The lowest BCUT2D eigenvalue weighted by molar-refractivity contribution is 0.0529. The summed E-state index contributed by atoms with van der Waals surface area (Å²) in [5.41, 5.74) is 1.35. The van der Waals surface area contributed by atoms with Crippen molar-refractivity contribution in [3.8, 4) is 5.75 Å². The van der Waals surface area contributed by atoms with Crippen molar-refractivity contribution in [3.63, 3.8) is 0 Å². The summed E-state index contributed by atoms with van der Waals surface area (Å²) in [4.78, 5) is 14.1. The third-order valence-corrected chi connectivity index (χ3v) is 4.41. The molecule has 2 heterocycles. The van der Waals surface area contributed by atoms with Gasteiger partial charge < -0.3 is 10.1 Å². The van der Waals surface area contributed by atoms with Crippen molar-refractivity contribution in [2.75, 3.05) is 11.4 Å². The van der Waals surface area contributed by atoms with Gasteiger partial charge in [0.15, 0.2) is 5.60 Å². The van der Waals surface area contributed by atoms with Gasteiger partial charge in [0.2, 0.25) is 0 Å². The molecule has 2 aromatic rings. The molecule has 1 fully saturated rings. The molecule has 4 rings (SSSR count). The minimum absolute atomic E-state index is 0.0534. The van der Waals surface area contributed by atoms with Crippen molar-refractivity contribution in [2.45, 2.75) is 18.6 Å². The van der Waals surface area contributed by atoms with Crippen LogP contribution in [0.3, 0.4) is 0 Å². The SMILES string of the molecule is CC1(c2ccccc2)Oc2ccccc2N2C(=O)NCC21. The van der Waals surface area contributed by atoms with Crippen LogP contribution in [0.4, 0.5) is 10.5 Å². The van der Waals surface area contributed by atoms with Crippen LogP contribution in [0.2, 0.25) is 0 Å². The number of urea groups is 1. The quantitative estimate of drug-likeness (QED) is 0.872. The summed E-state index contributed by atoms with van der Waals surface area (Å²) in [5, 5.41) is 2.93. The van der Waals surface area contributed by atoms with E-state index in [1.54, 1.807) is 0 Å². The number of hydrogen-bond acceptors (Lipinski definition) is 2. The first kappa shape index (κ1) is 12.3. The van der Waals surface area contributed by atoms with Crippen LogP contribution in [0, 0.1) is 0 Å². The number of amides is 2. The number of carbonyl (C=O) groups excluding carboxylic acids is 1. The molecule has 0 aromatic heterocycles. The summed E-state index contributed by atoms with van der Waals surface area (Å²) in [6.45, 7) is 2.63. The molecule has 4 nitrogen and oxygen atoms in total. The van der Waals surface area contributed by atoms with Gasteiger partial charge in [-0.2, -0.15) is 0 Å². The lowest BCUT2D eigenvalue weighted by Gasteiger charge is -2.44. The Morgan fingerprint density at radius 2 is 1.86 bits per heavy atom. The molecule has 0 saturated carbocycles. The maximum atomic E-state index is 12.2. The van der Waals surface area contributed by atoms with Crippen LogP contribution in [0.25, 0.3) is 0 Å². The van der Waals surface area contributed by atoms with Crippen LogP contribution in [0.15, 0.2) is 54.6 Å². The summed E-state index contributed by atoms with van der Waals surface area (Å²) in [6, 6.07) is 17.7. The first-order valence-corrected chi connectivity index (χ1v) is 7.11. The van der Waals surface area contributed by atoms with Gasteiger partial charge in [-0.3, -0.25) is 4.90 Å². The molecule has 0 aliphatic carbocycles. The number of ether oxygens (including phenoxy) is 1. The molecule has 2 aliphatic heterocycles. The number of para-hydroxylation sites is 2. The van der Waals surface area contributed by atoms with Crippen molar-refractivity contribution < 1.29 is 9.53 Å². The van der Waals surface area contributed by atoms with E-state index in [1.165, 1.54) is 0 Å². The van der Waals surface area contributed by atoms with Gasteiger partial charge in [0, 0.05) is 6.54 Å². The van der Waals surface area contributed by atoms with Gasteiger partial charge >= 0.3 is 6.03 Å². The number of fused-ring (bicyclic) bond motifs is 3. The van der Waals surface area contributed by atoms with Crippen LogP contribution in [-0.4, -0.2) is 18.6 Å². The number of nitrogens with zero attached hydrogens (tertiary/aromatic N) is 1. The normalized spacial score (nSPS) is 26.6. The summed E-state index contributed by atoms with van der Waals surface area (Å²) in [7, 11) is 0. The molecule has 0 spiro atoms. The summed E-state index contributed by atoms with van der Waals surface area (Å²) < 4.78 is 6.33. The number of hydrogen-bond donors (Lipinski definition) is 1. The number of anilines is 1. The van der Waals surface area contributed by atoms with Crippen LogP contribution >= 0.6 is 0 Å². The van der Waals surface area contributed by atoms with Crippen molar-refractivity contribution in [2.24, 2.45) is 0 Å². The molecular formula is C17H16N2O2. The molecule has 4 heteroatoms. The maximum Gasteiger partial charge on any atom is 0.322 e. The first-order chi connectivity index (χ1) is 10.2. The summed E-state index contributed by atoms with van der Waals surface area (Å²) in [6.07, 6.45) is 0. The zero-order valence-corrected chi connectivity index (χ0v) is 11.7. The number of carbonyl (C=O) groups is 1. The largest absolute Gasteiger partial charge is 0.478 e. The van der Waals surface area contributed by atoms with Gasteiger partial charge in [-0.1, -0.05) is 42.5 Å². The van der Waals surface area contributed by atoms with Gasteiger partial charge in [-0.25, -0.2) is 4.79 Å². The smallest absolute Gasteiger partial charge is 0.322 e. The third-order valence-electron chi connectivity index (χ3n) is 4.41. The second-order valence-corrected chi connectivity index (χ2v) is 5.61. The molecule has 21 heavy (non-hydrogen) atoms. The minimum atomic E-state index is -0.561. The Morgan fingerprint density at radius 1 is 1.14 bits per heavy atom. The van der Waals surface area contributed by atoms with E-state index in [2.05, 4.69) is 24.4 Å². The second-order valence-electron chi connectivity index (χ2n) is 5.61. The third kappa shape index (κ3) is 1.65. The highest BCUT2D eigenvalue weighted by atomic mass is 16.5. The van der Waals surface area contributed by atoms with E-state index in [1.807, 2.05) is 47.4 Å². The molecule has 2 atom stereocenters. The second kappa shape index (κ2) is 4.25. The lowest BCUT2D eigenvalue weighted by Crippen LogP contribution is -2.54. The molecule has 2 aromatic carbocycles. The van der Waals surface area contributed by atoms with Crippen LogP contribution < -0.4 is 15.0 Å². The van der Waals surface area contributed by atoms with Crippen LogP contribution in [0.5, 0.6) is 5.75 Å².